The maximum absolute atomic E-state index is 12.9. The van der Waals surface area contributed by atoms with Gasteiger partial charge in [0, 0.05) is 12.7 Å². The first-order valence-corrected chi connectivity index (χ1v) is 10.5. The van der Waals surface area contributed by atoms with Gasteiger partial charge in [0.1, 0.15) is 34.8 Å². The zero-order valence-corrected chi connectivity index (χ0v) is 19.3. The van der Waals surface area contributed by atoms with Crippen molar-refractivity contribution in [3.05, 3.63) is 66.1 Å². The van der Waals surface area contributed by atoms with Crippen LogP contribution in [0.4, 0.5) is 17.3 Å². The van der Waals surface area contributed by atoms with Gasteiger partial charge in [0.2, 0.25) is 0 Å². The number of allylic oxidation sites excluding steroid dienone is 1. The number of fused-ring (bicyclic) bond motifs is 3. The molecule has 0 aliphatic carbocycles. The molecule has 0 fully saturated rings. The van der Waals surface area contributed by atoms with Crippen molar-refractivity contribution in [3.8, 4) is 6.07 Å². The van der Waals surface area contributed by atoms with E-state index in [2.05, 4.69) is 15.3 Å². The third-order valence-electron chi connectivity index (χ3n) is 5.16. The van der Waals surface area contributed by atoms with Crippen molar-refractivity contribution in [1.82, 2.24) is 19.4 Å². The standard InChI is InChI=1S/C25H25N7O/c1-16-8-6-7-9-18(16)28-22-20-14-27-15-32(20)23-19(29-22)10-11-21(30-23)31(5)24(33)17(13-26)12-25(2,3)4/h6-12,14-15H,1-5H3,(H,28,29)/b17-12+. The van der Waals surface area contributed by atoms with Gasteiger partial charge in [-0.1, -0.05) is 45.0 Å². The highest BCUT2D eigenvalue weighted by molar-refractivity contribution is 6.07. The molecule has 3 heterocycles. The van der Waals surface area contributed by atoms with Crippen LogP contribution in [0.3, 0.4) is 0 Å². The Morgan fingerprint density at radius 1 is 1.18 bits per heavy atom. The van der Waals surface area contributed by atoms with Crippen LogP contribution in [0.5, 0.6) is 0 Å². The van der Waals surface area contributed by atoms with E-state index in [0.717, 1.165) is 16.8 Å². The second-order valence-electron chi connectivity index (χ2n) is 8.96. The first kappa shape index (κ1) is 22.0. The average molecular weight is 440 g/mol. The highest BCUT2D eigenvalue weighted by atomic mass is 16.2. The van der Waals surface area contributed by atoms with Crippen LogP contribution in [-0.4, -0.2) is 32.3 Å². The molecule has 0 atom stereocenters. The molecule has 0 saturated carbocycles. The zero-order valence-electron chi connectivity index (χ0n) is 19.3. The summed E-state index contributed by atoms with van der Waals surface area (Å²) >= 11 is 0. The highest BCUT2D eigenvalue weighted by Crippen LogP contribution is 2.27. The molecule has 4 aromatic rings. The summed E-state index contributed by atoms with van der Waals surface area (Å²) in [7, 11) is 1.61. The number of likely N-dealkylation sites (N-methyl/N-ethyl adjacent to an activating group) is 1. The number of hydrogen-bond donors (Lipinski definition) is 1. The number of hydrogen-bond acceptors (Lipinski definition) is 6. The van der Waals surface area contributed by atoms with Crippen molar-refractivity contribution in [1.29, 1.82) is 5.26 Å². The summed E-state index contributed by atoms with van der Waals surface area (Å²) in [6, 6.07) is 13.5. The number of nitriles is 1. The minimum absolute atomic E-state index is 0.0792. The van der Waals surface area contributed by atoms with Gasteiger partial charge >= 0.3 is 0 Å². The molecule has 1 N–H and O–H groups in total. The molecule has 0 unspecified atom stereocenters. The molecule has 4 rings (SSSR count). The zero-order chi connectivity index (χ0) is 23.8. The van der Waals surface area contributed by atoms with E-state index < -0.39 is 5.91 Å². The van der Waals surface area contributed by atoms with Crippen LogP contribution in [0.1, 0.15) is 26.3 Å². The number of para-hydroxylation sites is 1. The fourth-order valence-electron chi connectivity index (χ4n) is 3.49. The van der Waals surface area contributed by atoms with Crippen molar-refractivity contribution < 1.29 is 4.79 Å². The normalized spacial score (nSPS) is 12.1. The summed E-state index contributed by atoms with van der Waals surface area (Å²) in [6.45, 7) is 7.85. The van der Waals surface area contributed by atoms with Crippen LogP contribution in [0, 0.1) is 23.7 Å². The maximum Gasteiger partial charge on any atom is 0.269 e. The third kappa shape index (κ3) is 4.39. The van der Waals surface area contributed by atoms with Crippen molar-refractivity contribution in [2.24, 2.45) is 5.41 Å². The van der Waals surface area contributed by atoms with E-state index in [1.54, 1.807) is 31.7 Å². The number of benzene rings is 1. The van der Waals surface area contributed by atoms with Gasteiger partial charge in [0.15, 0.2) is 11.5 Å². The Labute approximate surface area is 192 Å². The van der Waals surface area contributed by atoms with Crippen molar-refractivity contribution >= 4 is 39.9 Å². The molecular weight excluding hydrogens is 414 g/mol. The van der Waals surface area contributed by atoms with Gasteiger partial charge in [-0.25, -0.2) is 15.0 Å². The number of aromatic nitrogens is 4. The van der Waals surface area contributed by atoms with Crippen LogP contribution in [0.15, 0.2) is 60.6 Å². The van der Waals surface area contributed by atoms with E-state index in [0.29, 0.717) is 22.8 Å². The van der Waals surface area contributed by atoms with E-state index in [4.69, 9.17) is 4.98 Å². The molecule has 8 heteroatoms. The number of aryl methyl sites for hydroxylation is 1. The van der Waals surface area contributed by atoms with E-state index in [1.807, 2.05) is 68.5 Å². The first-order valence-electron chi connectivity index (χ1n) is 10.5. The SMILES string of the molecule is Cc1ccccc1Nc1nc2ccc(N(C)C(=O)/C(C#N)=C/C(C)(C)C)nc2n2cncc12. The van der Waals surface area contributed by atoms with Crippen molar-refractivity contribution in [2.45, 2.75) is 27.7 Å². The van der Waals surface area contributed by atoms with Crippen LogP contribution in [0.2, 0.25) is 0 Å². The summed E-state index contributed by atoms with van der Waals surface area (Å²) in [5.74, 6) is 0.666. The summed E-state index contributed by atoms with van der Waals surface area (Å²) < 4.78 is 1.83. The number of anilines is 3. The number of amides is 1. The minimum atomic E-state index is -0.410. The fourth-order valence-corrected chi connectivity index (χ4v) is 3.49. The lowest BCUT2D eigenvalue weighted by molar-refractivity contribution is -0.114. The van der Waals surface area contributed by atoms with Gasteiger partial charge in [-0.05, 0) is 36.1 Å². The highest BCUT2D eigenvalue weighted by Gasteiger charge is 2.21. The van der Waals surface area contributed by atoms with Gasteiger partial charge in [-0.15, -0.1) is 0 Å². The summed E-state index contributed by atoms with van der Waals surface area (Å²) in [4.78, 5) is 28.0. The Kier molecular flexibility index (Phi) is 5.56. The van der Waals surface area contributed by atoms with Gasteiger partial charge < -0.3 is 5.32 Å². The maximum atomic E-state index is 12.9. The van der Waals surface area contributed by atoms with Crippen LogP contribution < -0.4 is 10.2 Å². The van der Waals surface area contributed by atoms with E-state index in [1.165, 1.54) is 4.90 Å². The lowest BCUT2D eigenvalue weighted by Crippen LogP contribution is -2.29. The van der Waals surface area contributed by atoms with Crippen molar-refractivity contribution in [2.75, 3.05) is 17.3 Å². The number of imidazole rings is 1. The molecule has 3 aromatic heterocycles. The Bertz CT molecular complexity index is 1440. The molecule has 1 amide bonds. The lowest BCUT2D eigenvalue weighted by Gasteiger charge is -2.19. The average Bonchev–Trinajstić information content (AvgIpc) is 3.28. The third-order valence-corrected chi connectivity index (χ3v) is 5.16. The number of rotatable bonds is 4. The van der Waals surface area contributed by atoms with E-state index >= 15 is 0 Å². The predicted molar refractivity (Wildman–Crippen MR) is 129 cm³/mol. The monoisotopic (exact) mass is 439 g/mol. The number of nitrogens with one attached hydrogen (secondary N) is 1. The Hall–Kier alpha value is -4.25. The Balaban J connectivity index is 1.76. The van der Waals surface area contributed by atoms with E-state index in [9.17, 15) is 10.1 Å². The fraction of sp³-hybridized carbons (Fsp3) is 0.240. The number of carbonyl (C=O) groups excluding carboxylic acids is 1. The molecule has 0 aliphatic rings. The topological polar surface area (TPSA) is 99.2 Å². The quantitative estimate of drug-likeness (QED) is 0.363. The van der Waals surface area contributed by atoms with Crippen LogP contribution >= 0.6 is 0 Å². The Morgan fingerprint density at radius 2 is 1.94 bits per heavy atom. The number of pyridine rings is 1. The Morgan fingerprint density at radius 3 is 2.64 bits per heavy atom. The molecule has 0 spiro atoms. The molecule has 0 radical (unpaired) electrons. The van der Waals surface area contributed by atoms with Crippen LogP contribution in [0.25, 0.3) is 16.7 Å². The molecule has 8 nitrogen and oxygen atoms in total. The van der Waals surface area contributed by atoms with E-state index in [-0.39, 0.29) is 11.0 Å². The van der Waals surface area contributed by atoms with Crippen LogP contribution in [-0.2, 0) is 4.79 Å². The van der Waals surface area contributed by atoms with Gasteiger partial charge in [0.05, 0.1) is 6.20 Å². The second kappa shape index (κ2) is 8.36. The van der Waals surface area contributed by atoms with Gasteiger partial charge in [0.25, 0.3) is 5.91 Å². The molecule has 0 saturated heterocycles. The summed E-state index contributed by atoms with van der Waals surface area (Å²) in [6.07, 6.45) is 5.06. The predicted octanol–water partition coefficient (Wildman–Crippen LogP) is 4.79. The molecule has 0 aliphatic heterocycles. The second-order valence-corrected chi connectivity index (χ2v) is 8.96. The molecule has 0 bridgehead atoms. The molecular formula is C25H25N7O. The van der Waals surface area contributed by atoms with Gasteiger partial charge in [-0.3, -0.25) is 14.1 Å². The number of carbonyl (C=O) groups is 1. The lowest BCUT2D eigenvalue weighted by atomic mass is 9.93. The molecule has 1 aromatic carbocycles. The molecule has 166 valence electrons. The minimum Gasteiger partial charge on any atom is -0.338 e. The van der Waals surface area contributed by atoms with Gasteiger partial charge in [-0.2, -0.15) is 5.26 Å². The molecule has 33 heavy (non-hydrogen) atoms. The smallest absolute Gasteiger partial charge is 0.269 e. The largest absolute Gasteiger partial charge is 0.338 e. The summed E-state index contributed by atoms with van der Waals surface area (Å²) in [5, 5.41) is 12.9. The van der Waals surface area contributed by atoms with Crippen molar-refractivity contribution in [3.63, 3.8) is 0 Å². The first-order chi connectivity index (χ1) is 15.7. The summed E-state index contributed by atoms with van der Waals surface area (Å²) in [5.41, 5.74) is 3.80. The number of nitrogens with zero attached hydrogens (tertiary/aromatic N) is 6.